The maximum absolute atomic E-state index is 11.6. The van der Waals surface area contributed by atoms with Gasteiger partial charge in [0.05, 0.1) is 11.4 Å². The number of nitrogens with zero attached hydrogens (tertiary/aromatic N) is 2. The third-order valence-electron chi connectivity index (χ3n) is 2.37. The molecule has 0 saturated heterocycles. The van der Waals surface area contributed by atoms with Crippen molar-refractivity contribution in [2.45, 2.75) is 25.5 Å². The topological polar surface area (TPSA) is 46.9 Å². The molecule has 1 rings (SSSR count). The zero-order valence-electron chi connectivity index (χ0n) is 9.97. The van der Waals surface area contributed by atoms with Gasteiger partial charge in [0.25, 0.3) is 0 Å². The summed E-state index contributed by atoms with van der Waals surface area (Å²) < 4.78 is 1.76. The van der Waals surface area contributed by atoms with E-state index in [4.69, 9.17) is 0 Å². The Morgan fingerprint density at radius 2 is 2.31 bits per heavy atom. The van der Waals surface area contributed by atoms with Gasteiger partial charge in [0.15, 0.2) is 0 Å². The summed E-state index contributed by atoms with van der Waals surface area (Å²) in [5, 5.41) is 6.71. The summed E-state index contributed by atoms with van der Waals surface area (Å²) >= 11 is 4.26. The zero-order valence-corrected chi connectivity index (χ0v) is 10.9. The average molecular weight is 241 g/mol. The molecule has 0 saturated carbocycles. The summed E-state index contributed by atoms with van der Waals surface area (Å²) in [4.78, 5) is 11.6. The van der Waals surface area contributed by atoms with Crippen molar-refractivity contribution in [3.05, 3.63) is 18.0 Å². The van der Waals surface area contributed by atoms with E-state index in [0.29, 0.717) is 6.54 Å². The molecule has 5 heteroatoms. The summed E-state index contributed by atoms with van der Waals surface area (Å²) in [6.07, 6.45) is 4.57. The molecule has 1 unspecified atom stereocenters. The van der Waals surface area contributed by atoms with Gasteiger partial charge in [0.1, 0.15) is 0 Å². The molecule has 1 amide bonds. The van der Waals surface area contributed by atoms with Gasteiger partial charge in [-0.25, -0.2) is 0 Å². The molecule has 0 aliphatic heterocycles. The molecule has 0 radical (unpaired) electrons. The molecule has 1 atom stereocenters. The van der Waals surface area contributed by atoms with E-state index < -0.39 is 0 Å². The maximum atomic E-state index is 11.6. The Labute approximate surface area is 102 Å². The maximum Gasteiger partial charge on any atom is 0.233 e. The van der Waals surface area contributed by atoms with E-state index in [9.17, 15) is 4.79 Å². The van der Waals surface area contributed by atoms with Gasteiger partial charge < -0.3 is 5.32 Å². The molecule has 1 aromatic heterocycles. The number of carbonyl (C=O) groups excluding carboxylic acids is 1. The van der Waals surface area contributed by atoms with Crippen LogP contribution in [0, 0.1) is 5.92 Å². The standard InChI is InChI=1S/C11H19N3OS/c1-8(2)10(16)11(15)12-5-4-9-6-13-14(3)7-9/h6-8,10,16H,4-5H2,1-3H3,(H,12,15). The predicted molar refractivity (Wildman–Crippen MR) is 67.5 cm³/mol. The molecule has 4 nitrogen and oxygen atoms in total. The number of aromatic nitrogens is 2. The number of amides is 1. The molecule has 16 heavy (non-hydrogen) atoms. The minimum Gasteiger partial charge on any atom is -0.355 e. The van der Waals surface area contributed by atoms with Crippen LogP contribution in [-0.2, 0) is 18.3 Å². The smallest absolute Gasteiger partial charge is 0.233 e. The SMILES string of the molecule is CC(C)C(S)C(=O)NCCc1cnn(C)c1. The number of carbonyl (C=O) groups is 1. The highest BCUT2D eigenvalue weighted by atomic mass is 32.1. The Balaban J connectivity index is 2.28. The molecule has 1 heterocycles. The largest absolute Gasteiger partial charge is 0.355 e. The van der Waals surface area contributed by atoms with Gasteiger partial charge >= 0.3 is 0 Å². The number of rotatable bonds is 5. The van der Waals surface area contributed by atoms with Crippen LogP contribution in [0.15, 0.2) is 12.4 Å². The van der Waals surface area contributed by atoms with Crippen LogP contribution in [0.5, 0.6) is 0 Å². The van der Waals surface area contributed by atoms with Crippen molar-refractivity contribution in [2.24, 2.45) is 13.0 Å². The van der Waals surface area contributed by atoms with Crippen molar-refractivity contribution in [3.63, 3.8) is 0 Å². The fraction of sp³-hybridized carbons (Fsp3) is 0.636. The minimum absolute atomic E-state index is 0.00206. The van der Waals surface area contributed by atoms with Crippen LogP contribution in [0.25, 0.3) is 0 Å². The Morgan fingerprint density at radius 1 is 1.62 bits per heavy atom. The Morgan fingerprint density at radius 3 is 2.81 bits per heavy atom. The number of hydrogen-bond acceptors (Lipinski definition) is 3. The Hall–Kier alpha value is -0.970. The van der Waals surface area contributed by atoms with Gasteiger partial charge in [-0.1, -0.05) is 13.8 Å². The van der Waals surface area contributed by atoms with Crippen LogP contribution in [0.1, 0.15) is 19.4 Å². The first-order valence-corrected chi connectivity index (χ1v) is 5.95. The third kappa shape index (κ3) is 3.89. The van der Waals surface area contributed by atoms with Gasteiger partial charge in [0, 0.05) is 19.8 Å². The summed E-state index contributed by atoms with van der Waals surface area (Å²) in [5.74, 6) is 0.254. The van der Waals surface area contributed by atoms with Crippen LogP contribution in [0.2, 0.25) is 0 Å². The number of nitrogens with one attached hydrogen (secondary N) is 1. The minimum atomic E-state index is -0.228. The normalized spacial score (nSPS) is 12.8. The number of aryl methyl sites for hydroxylation is 1. The summed E-state index contributed by atoms with van der Waals surface area (Å²) in [6.45, 7) is 4.60. The van der Waals surface area contributed by atoms with Crippen molar-refractivity contribution in [2.75, 3.05) is 6.54 Å². The van der Waals surface area contributed by atoms with Gasteiger partial charge in [-0.3, -0.25) is 9.48 Å². The van der Waals surface area contributed by atoms with Crippen molar-refractivity contribution >= 4 is 18.5 Å². The van der Waals surface area contributed by atoms with Crippen molar-refractivity contribution in [1.29, 1.82) is 0 Å². The fourth-order valence-electron chi connectivity index (χ4n) is 1.34. The second-order valence-electron chi connectivity index (χ2n) is 4.25. The molecular weight excluding hydrogens is 222 g/mol. The van der Waals surface area contributed by atoms with Crippen LogP contribution < -0.4 is 5.32 Å². The Kier molecular flexibility index (Phi) is 4.86. The average Bonchev–Trinajstić information content (AvgIpc) is 2.62. The molecule has 90 valence electrons. The molecule has 1 aromatic rings. The monoisotopic (exact) mass is 241 g/mol. The first kappa shape index (κ1) is 13.1. The molecule has 0 bridgehead atoms. The quantitative estimate of drug-likeness (QED) is 0.757. The lowest BCUT2D eigenvalue weighted by Gasteiger charge is -2.14. The van der Waals surface area contributed by atoms with E-state index in [-0.39, 0.29) is 17.1 Å². The van der Waals surface area contributed by atoms with Crippen molar-refractivity contribution in [3.8, 4) is 0 Å². The van der Waals surface area contributed by atoms with Gasteiger partial charge in [-0.05, 0) is 17.9 Å². The number of hydrogen-bond donors (Lipinski definition) is 2. The highest BCUT2D eigenvalue weighted by Gasteiger charge is 2.16. The lowest BCUT2D eigenvalue weighted by molar-refractivity contribution is -0.121. The molecule has 1 N–H and O–H groups in total. The fourth-order valence-corrected chi connectivity index (χ4v) is 1.43. The summed E-state index contributed by atoms with van der Waals surface area (Å²) in [7, 11) is 1.88. The van der Waals surface area contributed by atoms with E-state index in [2.05, 4.69) is 23.0 Å². The molecule has 0 aromatic carbocycles. The van der Waals surface area contributed by atoms with Crippen molar-refractivity contribution < 1.29 is 4.79 Å². The van der Waals surface area contributed by atoms with Crippen LogP contribution >= 0.6 is 12.6 Å². The van der Waals surface area contributed by atoms with Gasteiger partial charge in [0.2, 0.25) is 5.91 Å². The molecule has 0 fully saturated rings. The first-order chi connectivity index (χ1) is 7.50. The Bertz CT molecular complexity index is 349. The lowest BCUT2D eigenvalue weighted by atomic mass is 10.1. The molecule has 0 spiro atoms. The van der Waals surface area contributed by atoms with Gasteiger partial charge in [-0.2, -0.15) is 17.7 Å². The molecular formula is C11H19N3OS. The first-order valence-electron chi connectivity index (χ1n) is 5.44. The molecule has 0 aliphatic rings. The zero-order chi connectivity index (χ0) is 12.1. The van der Waals surface area contributed by atoms with E-state index in [1.165, 1.54) is 0 Å². The van der Waals surface area contributed by atoms with Crippen LogP contribution in [0.3, 0.4) is 0 Å². The van der Waals surface area contributed by atoms with Crippen LogP contribution in [0.4, 0.5) is 0 Å². The summed E-state index contributed by atoms with van der Waals surface area (Å²) in [6, 6.07) is 0. The summed E-state index contributed by atoms with van der Waals surface area (Å²) in [5.41, 5.74) is 1.13. The van der Waals surface area contributed by atoms with E-state index in [1.807, 2.05) is 33.3 Å². The van der Waals surface area contributed by atoms with E-state index in [0.717, 1.165) is 12.0 Å². The number of thiol groups is 1. The highest BCUT2D eigenvalue weighted by Crippen LogP contribution is 2.08. The van der Waals surface area contributed by atoms with Crippen LogP contribution in [-0.4, -0.2) is 27.5 Å². The van der Waals surface area contributed by atoms with E-state index >= 15 is 0 Å². The lowest BCUT2D eigenvalue weighted by Crippen LogP contribution is -2.35. The third-order valence-corrected chi connectivity index (χ3v) is 3.20. The highest BCUT2D eigenvalue weighted by molar-refractivity contribution is 7.81. The second kappa shape index (κ2) is 5.94. The van der Waals surface area contributed by atoms with Gasteiger partial charge in [-0.15, -0.1) is 0 Å². The second-order valence-corrected chi connectivity index (χ2v) is 4.81. The van der Waals surface area contributed by atoms with E-state index in [1.54, 1.807) is 4.68 Å². The van der Waals surface area contributed by atoms with Crippen molar-refractivity contribution in [1.82, 2.24) is 15.1 Å². The molecule has 0 aliphatic carbocycles. The predicted octanol–water partition coefficient (Wildman–Crippen LogP) is 1.03.